The summed E-state index contributed by atoms with van der Waals surface area (Å²) < 4.78 is 52.8. The van der Waals surface area contributed by atoms with Crippen molar-refractivity contribution < 1.29 is 16.8 Å². The number of aromatic nitrogens is 1. The fourth-order valence-corrected chi connectivity index (χ4v) is 4.46. The van der Waals surface area contributed by atoms with E-state index in [0.717, 1.165) is 4.31 Å². The summed E-state index contributed by atoms with van der Waals surface area (Å²) in [5, 5.41) is 0. The number of pyridine rings is 1. The van der Waals surface area contributed by atoms with E-state index < -0.39 is 20.0 Å². The third-order valence-electron chi connectivity index (χ3n) is 2.81. The number of sulfonamides is 2. The number of hydrogen-bond acceptors (Lipinski definition) is 5. The molecular formula is C13H15N3O4S2. The zero-order valence-electron chi connectivity index (χ0n) is 12.0. The Morgan fingerprint density at radius 3 is 2.14 bits per heavy atom. The Labute approximate surface area is 129 Å². The largest absolute Gasteiger partial charge is 0.278 e. The average molecular weight is 341 g/mol. The minimum Gasteiger partial charge on any atom is -0.278 e. The number of rotatable bonds is 5. The van der Waals surface area contributed by atoms with E-state index in [1.165, 1.54) is 56.8 Å². The maximum atomic E-state index is 12.5. The number of hydrogen-bond donors (Lipinski definition) is 1. The molecule has 0 spiro atoms. The normalized spacial score (nSPS) is 12.3. The van der Waals surface area contributed by atoms with Gasteiger partial charge in [0, 0.05) is 20.3 Å². The van der Waals surface area contributed by atoms with Crippen LogP contribution in [0.2, 0.25) is 0 Å². The van der Waals surface area contributed by atoms with Crippen molar-refractivity contribution in [1.29, 1.82) is 0 Å². The van der Waals surface area contributed by atoms with E-state index in [-0.39, 0.29) is 15.5 Å². The highest BCUT2D eigenvalue weighted by molar-refractivity contribution is 7.94. The first-order chi connectivity index (χ1) is 10.2. The Morgan fingerprint density at radius 2 is 1.59 bits per heavy atom. The van der Waals surface area contributed by atoms with Gasteiger partial charge in [0.25, 0.3) is 10.0 Å². The fraction of sp³-hybridized carbons (Fsp3) is 0.154. The summed E-state index contributed by atoms with van der Waals surface area (Å²) in [6, 6.07) is 8.53. The number of nitrogens with zero attached hydrogens (tertiary/aromatic N) is 2. The van der Waals surface area contributed by atoms with Gasteiger partial charge in [0.05, 0.1) is 11.9 Å². The van der Waals surface area contributed by atoms with Gasteiger partial charge in [-0.15, -0.1) is 0 Å². The van der Waals surface area contributed by atoms with E-state index >= 15 is 0 Å². The van der Waals surface area contributed by atoms with Gasteiger partial charge < -0.3 is 0 Å². The lowest BCUT2D eigenvalue weighted by molar-refractivity contribution is 0.517. The zero-order valence-corrected chi connectivity index (χ0v) is 13.6. The highest BCUT2D eigenvalue weighted by atomic mass is 32.2. The standard InChI is InChI=1S/C13H15N3O4S2/c1-16(2)22(19,20)13-8-4-3-7-12(13)21(17,18)15-11-6-5-9-14-10-11/h3-10,15H,1-2H3. The summed E-state index contributed by atoms with van der Waals surface area (Å²) in [5.41, 5.74) is 0.250. The molecule has 0 saturated carbocycles. The Morgan fingerprint density at radius 1 is 0.955 bits per heavy atom. The zero-order chi connectivity index (χ0) is 16.4. The molecule has 0 unspecified atom stereocenters. The molecule has 9 heteroatoms. The molecule has 1 N–H and O–H groups in total. The maximum Gasteiger partial charge on any atom is 0.263 e. The molecule has 0 aliphatic rings. The van der Waals surface area contributed by atoms with E-state index in [1.54, 1.807) is 6.07 Å². The van der Waals surface area contributed by atoms with Crippen molar-refractivity contribution in [3.63, 3.8) is 0 Å². The predicted octanol–water partition coefficient (Wildman–Crippen LogP) is 1.13. The van der Waals surface area contributed by atoms with Gasteiger partial charge >= 0.3 is 0 Å². The van der Waals surface area contributed by atoms with Crippen molar-refractivity contribution in [3.05, 3.63) is 48.8 Å². The highest BCUT2D eigenvalue weighted by Crippen LogP contribution is 2.24. The van der Waals surface area contributed by atoms with Crippen molar-refractivity contribution in [2.45, 2.75) is 9.79 Å². The van der Waals surface area contributed by atoms with E-state index in [4.69, 9.17) is 0 Å². The molecule has 22 heavy (non-hydrogen) atoms. The van der Waals surface area contributed by atoms with Crippen LogP contribution in [-0.4, -0.2) is 40.2 Å². The Hall–Kier alpha value is -1.97. The van der Waals surface area contributed by atoms with Crippen LogP contribution in [0, 0.1) is 0 Å². The van der Waals surface area contributed by atoms with E-state index in [2.05, 4.69) is 9.71 Å². The van der Waals surface area contributed by atoms with Crippen LogP contribution < -0.4 is 4.72 Å². The van der Waals surface area contributed by atoms with E-state index in [9.17, 15) is 16.8 Å². The summed E-state index contributed by atoms with van der Waals surface area (Å²) in [5.74, 6) is 0. The molecule has 1 heterocycles. The molecule has 7 nitrogen and oxygen atoms in total. The van der Waals surface area contributed by atoms with Crippen molar-refractivity contribution in [1.82, 2.24) is 9.29 Å². The van der Waals surface area contributed by atoms with Crippen LogP contribution in [0.25, 0.3) is 0 Å². The smallest absolute Gasteiger partial charge is 0.263 e. The summed E-state index contributed by atoms with van der Waals surface area (Å²) in [7, 11) is -5.26. The lowest BCUT2D eigenvalue weighted by Crippen LogP contribution is -2.25. The van der Waals surface area contributed by atoms with Crippen LogP contribution in [0.3, 0.4) is 0 Å². The summed E-state index contributed by atoms with van der Waals surface area (Å²) in [6.07, 6.45) is 2.84. The predicted molar refractivity (Wildman–Crippen MR) is 82.4 cm³/mol. The van der Waals surface area contributed by atoms with Crippen molar-refractivity contribution in [2.75, 3.05) is 18.8 Å². The molecule has 118 valence electrons. The third-order valence-corrected chi connectivity index (χ3v) is 6.25. The van der Waals surface area contributed by atoms with Gasteiger partial charge in [-0.1, -0.05) is 12.1 Å². The Bertz CT molecular complexity index is 863. The second kappa shape index (κ2) is 6.03. The van der Waals surface area contributed by atoms with Gasteiger partial charge in [0.15, 0.2) is 0 Å². The molecule has 2 rings (SSSR count). The van der Waals surface area contributed by atoms with Crippen LogP contribution >= 0.6 is 0 Å². The third kappa shape index (κ3) is 3.26. The molecule has 1 aromatic heterocycles. The van der Waals surface area contributed by atoms with Gasteiger partial charge in [-0.25, -0.2) is 21.1 Å². The van der Waals surface area contributed by atoms with E-state index in [1.807, 2.05) is 0 Å². The molecule has 0 atom stereocenters. The summed E-state index contributed by atoms with van der Waals surface area (Å²) >= 11 is 0. The second-order valence-electron chi connectivity index (χ2n) is 4.58. The highest BCUT2D eigenvalue weighted by Gasteiger charge is 2.27. The molecule has 0 aliphatic carbocycles. The molecule has 0 amide bonds. The van der Waals surface area contributed by atoms with Crippen LogP contribution in [0.4, 0.5) is 5.69 Å². The van der Waals surface area contributed by atoms with Crippen LogP contribution in [0.15, 0.2) is 58.6 Å². The fourth-order valence-electron chi connectivity index (χ4n) is 1.72. The number of nitrogens with one attached hydrogen (secondary N) is 1. The summed E-state index contributed by atoms with van der Waals surface area (Å²) in [4.78, 5) is 3.21. The van der Waals surface area contributed by atoms with Gasteiger partial charge in [-0.05, 0) is 24.3 Å². The maximum absolute atomic E-state index is 12.5. The van der Waals surface area contributed by atoms with Gasteiger partial charge in [0.1, 0.15) is 9.79 Å². The number of benzene rings is 1. The van der Waals surface area contributed by atoms with Crippen LogP contribution in [0.1, 0.15) is 0 Å². The molecule has 0 fully saturated rings. The van der Waals surface area contributed by atoms with Crippen LogP contribution in [-0.2, 0) is 20.0 Å². The molecule has 2 aromatic rings. The Balaban J connectivity index is 2.54. The van der Waals surface area contributed by atoms with Gasteiger partial charge in [0.2, 0.25) is 10.0 Å². The monoisotopic (exact) mass is 341 g/mol. The van der Waals surface area contributed by atoms with Crippen LogP contribution in [0.5, 0.6) is 0 Å². The lowest BCUT2D eigenvalue weighted by Gasteiger charge is -2.15. The molecular weight excluding hydrogens is 326 g/mol. The minimum atomic E-state index is -4.06. The second-order valence-corrected chi connectivity index (χ2v) is 8.35. The van der Waals surface area contributed by atoms with Crippen molar-refractivity contribution >= 4 is 25.7 Å². The quantitative estimate of drug-likeness (QED) is 0.879. The van der Waals surface area contributed by atoms with Crippen molar-refractivity contribution in [3.8, 4) is 0 Å². The molecule has 0 aliphatic heterocycles. The van der Waals surface area contributed by atoms with Gasteiger partial charge in [-0.2, -0.15) is 0 Å². The first-order valence-electron chi connectivity index (χ1n) is 6.19. The summed E-state index contributed by atoms with van der Waals surface area (Å²) in [6.45, 7) is 0. The molecule has 0 bridgehead atoms. The topological polar surface area (TPSA) is 96.4 Å². The number of anilines is 1. The van der Waals surface area contributed by atoms with Gasteiger partial charge in [-0.3, -0.25) is 9.71 Å². The first-order valence-corrected chi connectivity index (χ1v) is 9.12. The minimum absolute atomic E-state index is 0.250. The Kier molecular flexibility index (Phi) is 4.50. The first kappa shape index (κ1) is 16.4. The average Bonchev–Trinajstić information content (AvgIpc) is 2.47. The SMILES string of the molecule is CN(C)S(=O)(=O)c1ccccc1S(=O)(=O)Nc1cccnc1. The molecule has 0 saturated heterocycles. The molecule has 0 radical (unpaired) electrons. The van der Waals surface area contributed by atoms with E-state index in [0.29, 0.717) is 0 Å². The lowest BCUT2D eigenvalue weighted by atomic mass is 10.4. The molecule has 1 aromatic carbocycles. The van der Waals surface area contributed by atoms with Crippen molar-refractivity contribution in [2.24, 2.45) is 0 Å².